The van der Waals surface area contributed by atoms with Gasteiger partial charge in [-0.15, -0.1) is 0 Å². The molecule has 1 aliphatic heterocycles. The maximum Gasteiger partial charge on any atom is 0.490 e. The van der Waals surface area contributed by atoms with Gasteiger partial charge in [0.25, 0.3) is 5.56 Å². The zero-order chi connectivity index (χ0) is 28.7. The van der Waals surface area contributed by atoms with E-state index in [2.05, 4.69) is 30.3 Å². The first-order chi connectivity index (χ1) is 17.5. The number of aliphatic hydroxyl groups excluding tert-OH is 1. The molecule has 1 aliphatic rings. The van der Waals surface area contributed by atoms with Gasteiger partial charge in [0.15, 0.2) is 0 Å². The minimum absolute atomic E-state index is 0.0940. The molecule has 5 atom stereocenters. The van der Waals surface area contributed by atoms with Crippen molar-refractivity contribution < 1.29 is 61.1 Å². The predicted molar refractivity (Wildman–Crippen MR) is 124 cm³/mol. The largest absolute Gasteiger partial charge is 0.490 e. The van der Waals surface area contributed by atoms with Crippen LogP contribution in [0.3, 0.4) is 0 Å². The molecule has 2 rings (SSSR count). The van der Waals surface area contributed by atoms with E-state index in [0.717, 1.165) is 10.8 Å². The van der Waals surface area contributed by atoms with E-state index in [9.17, 15) is 38.1 Å². The van der Waals surface area contributed by atoms with Crippen molar-refractivity contribution in [2.45, 2.75) is 37.7 Å². The highest BCUT2D eigenvalue weighted by Crippen LogP contribution is 2.66. The molecule has 2 heterocycles. The molecule has 1 fully saturated rings. The number of aliphatic hydroxyl groups is 1. The maximum absolute atomic E-state index is 12.3. The Bertz CT molecular complexity index is 1330. The molecule has 0 aromatic carbocycles. The van der Waals surface area contributed by atoms with Crippen molar-refractivity contribution in [3.8, 4) is 11.8 Å². The Morgan fingerprint density at radius 1 is 1.21 bits per heavy atom. The lowest BCUT2D eigenvalue weighted by Crippen LogP contribution is -2.34. The molecular formula is C16H25N4O15P3. The molecule has 22 heteroatoms. The van der Waals surface area contributed by atoms with Crippen LogP contribution in [-0.2, 0) is 36.4 Å². The number of rotatable bonds is 12. The Balaban J connectivity index is 2.05. The van der Waals surface area contributed by atoms with Gasteiger partial charge >= 0.3 is 29.2 Å². The minimum Gasteiger partial charge on any atom is -0.390 e. The number of H-pyrrole nitrogens is 1. The van der Waals surface area contributed by atoms with Crippen molar-refractivity contribution in [1.29, 1.82) is 0 Å². The van der Waals surface area contributed by atoms with Crippen LogP contribution in [0, 0.1) is 11.8 Å². The van der Waals surface area contributed by atoms with E-state index in [-0.39, 0.29) is 30.9 Å². The van der Waals surface area contributed by atoms with Crippen LogP contribution >= 0.6 is 23.5 Å². The van der Waals surface area contributed by atoms with Crippen LogP contribution in [0.15, 0.2) is 15.8 Å². The third-order valence-corrected chi connectivity index (χ3v) is 8.31. The number of nitrogens with one attached hydrogen (secondary N) is 2. The lowest BCUT2D eigenvalue weighted by Gasteiger charge is -2.19. The highest BCUT2D eigenvalue weighted by atomic mass is 31.3. The summed E-state index contributed by atoms with van der Waals surface area (Å²) in [5.74, 6) is 4.73. The molecule has 214 valence electrons. The van der Waals surface area contributed by atoms with Gasteiger partial charge in [0.1, 0.15) is 17.9 Å². The predicted octanol–water partition coefficient (Wildman–Crippen LogP) is -2.27. The number of phosphoric ester groups is 1. The number of phosphoric acid groups is 3. The van der Waals surface area contributed by atoms with Crippen molar-refractivity contribution in [1.82, 2.24) is 14.9 Å². The Morgan fingerprint density at radius 2 is 1.89 bits per heavy atom. The summed E-state index contributed by atoms with van der Waals surface area (Å²) >= 11 is 0. The van der Waals surface area contributed by atoms with Crippen molar-refractivity contribution in [2.75, 3.05) is 19.7 Å². The average Bonchev–Trinajstić information content (AvgIpc) is 3.12. The molecular weight excluding hydrogens is 581 g/mol. The first-order valence-electron chi connectivity index (χ1n) is 10.4. The van der Waals surface area contributed by atoms with Gasteiger partial charge in [-0.05, 0) is 13.0 Å². The highest BCUT2D eigenvalue weighted by Gasteiger charge is 2.43. The van der Waals surface area contributed by atoms with Crippen LogP contribution in [0.5, 0.6) is 0 Å². The van der Waals surface area contributed by atoms with Gasteiger partial charge in [-0.25, -0.2) is 18.5 Å². The average molecular weight is 606 g/mol. The Hall–Kier alpha value is -2.00. The van der Waals surface area contributed by atoms with Gasteiger partial charge in [0.05, 0.1) is 19.3 Å². The minimum atomic E-state index is -5.74. The summed E-state index contributed by atoms with van der Waals surface area (Å²) in [4.78, 5) is 73.6. The molecule has 1 saturated heterocycles. The van der Waals surface area contributed by atoms with Crippen molar-refractivity contribution in [2.24, 2.45) is 5.73 Å². The van der Waals surface area contributed by atoms with E-state index in [1.54, 1.807) is 0 Å². The fraction of sp³-hybridized carbons (Fsp3) is 0.562. The molecule has 0 aliphatic carbocycles. The second-order valence-electron chi connectivity index (χ2n) is 7.50. The molecule has 0 radical (unpaired) electrons. The van der Waals surface area contributed by atoms with Gasteiger partial charge in [0, 0.05) is 19.0 Å². The van der Waals surface area contributed by atoms with Crippen LogP contribution in [0.2, 0.25) is 0 Å². The van der Waals surface area contributed by atoms with Crippen molar-refractivity contribution in [3.05, 3.63) is 32.6 Å². The number of ether oxygens (including phenoxy) is 1. The molecule has 1 amide bonds. The van der Waals surface area contributed by atoms with E-state index in [1.807, 2.05) is 4.98 Å². The maximum atomic E-state index is 12.3. The Labute approximate surface area is 213 Å². The van der Waals surface area contributed by atoms with Crippen LogP contribution in [0.1, 0.15) is 31.1 Å². The first kappa shape index (κ1) is 32.2. The summed E-state index contributed by atoms with van der Waals surface area (Å²) in [6, 6.07) is 0. The zero-order valence-corrected chi connectivity index (χ0v) is 21.9. The van der Waals surface area contributed by atoms with E-state index < -0.39 is 59.8 Å². The topological polar surface area (TPSA) is 299 Å². The van der Waals surface area contributed by atoms with Crippen molar-refractivity contribution >= 4 is 29.4 Å². The molecule has 5 unspecified atom stereocenters. The summed E-state index contributed by atoms with van der Waals surface area (Å²) in [5, 5.41) is 12.7. The summed E-state index contributed by atoms with van der Waals surface area (Å²) < 4.78 is 51.8. The number of amides is 1. The van der Waals surface area contributed by atoms with E-state index in [1.165, 1.54) is 0 Å². The van der Waals surface area contributed by atoms with Crippen LogP contribution in [0.4, 0.5) is 0 Å². The molecule has 1 aromatic heterocycles. The summed E-state index contributed by atoms with van der Waals surface area (Å²) in [6.07, 6.45) is -2.59. The monoisotopic (exact) mass is 606 g/mol. The second-order valence-corrected chi connectivity index (χ2v) is 11.9. The highest BCUT2D eigenvalue weighted by molar-refractivity contribution is 7.66. The Kier molecular flexibility index (Phi) is 11.3. The number of aromatic nitrogens is 2. The molecule has 0 saturated carbocycles. The lowest BCUT2D eigenvalue weighted by atomic mass is 10.2. The quantitative estimate of drug-likeness (QED) is 0.0919. The molecule has 38 heavy (non-hydrogen) atoms. The van der Waals surface area contributed by atoms with Crippen molar-refractivity contribution in [3.63, 3.8) is 0 Å². The smallest absolute Gasteiger partial charge is 0.390 e. The van der Waals surface area contributed by atoms with Crippen LogP contribution < -0.4 is 22.3 Å². The summed E-state index contributed by atoms with van der Waals surface area (Å²) in [5.41, 5.74) is 3.35. The number of carbonyl (C=O) groups excluding carboxylic acids is 1. The third-order valence-electron chi connectivity index (χ3n) is 4.51. The van der Waals surface area contributed by atoms with Crippen LogP contribution in [-0.4, -0.2) is 72.0 Å². The number of nitrogens with two attached hydrogens (primary N) is 1. The molecule has 9 N–H and O–H groups in total. The molecule has 19 nitrogen and oxygen atoms in total. The fourth-order valence-electron chi connectivity index (χ4n) is 2.93. The van der Waals surface area contributed by atoms with E-state index in [4.69, 9.17) is 25.2 Å². The van der Waals surface area contributed by atoms with Gasteiger partial charge < -0.3 is 40.5 Å². The number of aromatic amines is 1. The molecule has 0 spiro atoms. The summed E-state index contributed by atoms with van der Waals surface area (Å²) in [7, 11) is -16.8. The van der Waals surface area contributed by atoms with Gasteiger partial charge in [-0.3, -0.25) is 23.7 Å². The molecule has 0 bridgehead atoms. The SMILES string of the molecule is NCCCC(=O)NCC#Cc1cn(C2CC(O)C(COP(=O)(O)OP(=O)(O)OP(=O)(O)O)O2)c(=O)[nH]c1=O. The second kappa shape index (κ2) is 13.4. The normalized spacial score (nSPS) is 22.6. The third kappa shape index (κ3) is 10.6. The zero-order valence-electron chi connectivity index (χ0n) is 19.2. The lowest BCUT2D eigenvalue weighted by molar-refractivity contribution is -0.120. The first-order valence-corrected chi connectivity index (χ1v) is 15.0. The Morgan fingerprint density at radius 3 is 2.53 bits per heavy atom. The molecule has 1 aromatic rings. The van der Waals surface area contributed by atoms with Gasteiger partial charge in [0.2, 0.25) is 5.91 Å². The van der Waals surface area contributed by atoms with E-state index in [0.29, 0.717) is 13.0 Å². The van der Waals surface area contributed by atoms with Gasteiger partial charge in [-0.1, -0.05) is 11.8 Å². The van der Waals surface area contributed by atoms with Crippen LogP contribution in [0.25, 0.3) is 0 Å². The number of nitrogens with zero attached hydrogens (tertiary/aromatic N) is 1. The number of carbonyl (C=O) groups is 1. The number of hydrogen-bond donors (Lipinski definition) is 8. The van der Waals surface area contributed by atoms with Gasteiger partial charge in [-0.2, -0.15) is 8.62 Å². The summed E-state index contributed by atoms with van der Waals surface area (Å²) in [6.45, 7) is -0.702. The fourth-order valence-corrected chi connectivity index (χ4v) is 5.96. The van der Waals surface area contributed by atoms with E-state index >= 15 is 0 Å². The standard InChI is InChI=1S/C16H25N4O15P3/c17-5-1-4-13(22)18-6-2-3-10-8-20(16(24)19-15(10)23)14-7-11(21)12(33-14)9-32-37(28,29)35-38(30,31)34-36(25,26)27/h8,11-12,14,21H,1,4-7,9,17H2,(H,18,22)(H,28,29)(H,30,31)(H,19,23,24)(H2,25,26,27). The number of hydrogen-bond acceptors (Lipinski definition) is 12.